The SMILES string of the molecule is CCN(CC)CCCC(C)Nc1nc(/C=C/c2cc(OC)c(OC)cc2Cl)nc2ccccc12.Cl.Cl. The van der Waals surface area contributed by atoms with Crippen molar-refractivity contribution in [1.29, 1.82) is 0 Å². The first-order valence-corrected chi connectivity index (χ1v) is 12.2. The van der Waals surface area contributed by atoms with Crippen molar-refractivity contribution in [3.05, 3.63) is 52.8 Å². The highest BCUT2D eigenvalue weighted by atomic mass is 35.5. The molecule has 0 aliphatic rings. The maximum Gasteiger partial charge on any atom is 0.162 e. The van der Waals surface area contributed by atoms with Crippen LogP contribution in [0.3, 0.4) is 0 Å². The lowest BCUT2D eigenvalue weighted by atomic mass is 10.1. The number of hydrogen-bond acceptors (Lipinski definition) is 6. The van der Waals surface area contributed by atoms with Gasteiger partial charge < -0.3 is 19.7 Å². The molecule has 198 valence electrons. The second kappa shape index (κ2) is 15.8. The Kier molecular flexibility index (Phi) is 13.9. The number of hydrogen-bond donors (Lipinski definition) is 1. The molecule has 0 aliphatic heterocycles. The Balaban J connectivity index is 0.00000324. The van der Waals surface area contributed by atoms with E-state index in [4.69, 9.17) is 31.0 Å². The molecule has 9 heteroatoms. The van der Waals surface area contributed by atoms with Crippen LogP contribution in [-0.4, -0.2) is 54.8 Å². The van der Waals surface area contributed by atoms with Gasteiger partial charge in [-0.25, -0.2) is 9.97 Å². The highest BCUT2D eigenvalue weighted by Crippen LogP contribution is 2.34. The van der Waals surface area contributed by atoms with E-state index in [1.165, 1.54) is 0 Å². The lowest BCUT2D eigenvalue weighted by Gasteiger charge is -2.20. The van der Waals surface area contributed by atoms with Gasteiger partial charge in [-0.2, -0.15) is 0 Å². The quantitative estimate of drug-likeness (QED) is 0.254. The van der Waals surface area contributed by atoms with Crippen molar-refractivity contribution in [2.24, 2.45) is 0 Å². The van der Waals surface area contributed by atoms with Gasteiger partial charge in [0, 0.05) is 17.5 Å². The van der Waals surface area contributed by atoms with E-state index in [0.717, 1.165) is 54.8 Å². The number of nitrogens with one attached hydrogen (secondary N) is 1. The summed E-state index contributed by atoms with van der Waals surface area (Å²) in [5, 5.41) is 5.19. The molecule has 0 fully saturated rings. The fourth-order valence-electron chi connectivity index (χ4n) is 3.91. The van der Waals surface area contributed by atoms with E-state index in [1.807, 2.05) is 36.4 Å². The molecule has 36 heavy (non-hydrogen) atoms. The van der Waals surface area contributed by atoms with Crippen molar-refractivity contribution in [2.45, 2.75) is 39.7 Å². The molecule has 3 rings (SSSR count). The number of nitrogens with zero attached hydrogens (tertiary/aromatic N) is 3. The third kappa shape index (κ3) is 8.41. The Morgan fingerprint density at radius 2 is 1.67 bits per heavy atom. The summed E-state index contributed by atoms with van der Waals surface area (Å²) < 4.78 is 10.7. The minimum Gasteiger partial charge on any atom is -0.493 e. The molecule has 0 saturated carbocycles. The van der Waals surface area contributed by atoms with Crippen LogP contribution in [0, 0.1) is 0 Å². The van der Waals surface area contributed by atoms with Crippen molar-refractivity contribution in [1.82, 2.24) is 14.9 Å². The molecule has 0 bridgehead atoms. The van der Waals surface area contributed by atoms with Crippen LogP contribution < -0.4 is 14.8 Å². The Morgan fingerprint density at radius 3 is 2.33 bits per heavy atom. The topological polar surface area (TPSA) is 59.5 Å². The summed E-state index contributed by atoms with van der Waals surface area (Å²) in [6.07, 6.45) is 5.98. The fraction of sp³-hybridized carbons (Fsp3) is 0.407. The number of para-hydroxylation sites is 1. The van der Waals surface area contributed by atoms with Crippen LogP contribution in [0.5, 0.6) is 11.5 Å². The zero-order chi connectivity index (χ0) is 24.5. The number of anilines is 1. The third-order valence-corrected chi connectivity index (χ3v) is 6.25. The standard InChI is InChI=1S/C27H35ClN4O2.2ClH/c1-6-32(7-2)16-10-11-19(3)29-27-21-12-8-9-13-23(21)30-26(31-27)15-14-20-17-24(33-4)25(34-5)18-22(20)28;;/h8-9,12-15,17-19H,6-7,10-11,16H2,1-5H3,(H,29,30,31);2*1H/b15-14+;;. The summed E-state index contributed by atoms with van der Waals surface area (Å²) in [6, 6.07) is 12.0. The fourth-order valence-corrected chi connectivity index (χ4v) is 4.12. The highest BCUT2D eigenvalue weighted by Gasteiger charge is 2.11. The number of aromatic nitrogens is 2. The minimum atomic E-state index is 0. The molecule has 0 radical (unpaired) electrons. The van der Waals surface area contributed by atoms with Crippen molar-refractivity contribution >= 4 is 65.3 Å². The Labute approximate surface area is 232 Å². The zero-order valence-corrected chi connectivity index (χ0v) is 24.0. The maximum atomic E-state index is 6.45. The monoisotopic (exact) mass is 554 g/mol. The van der Waals surface area contributed by atoms with Crippen LogP contribution in [0.1, 0.15) is 45.0 Å². The van der Waals surface area contributed by atoms with Crippen LogP contribution in [0.2, 0.25) is 5.02 Å². The van der Waals surface area contributed by atoms with Gasteiger partial charge >= 0.3 is 0 Å². The Hall–Kier alpha value is -2.25. The first-order valence-electron chi connectivity index (χ1n) is 11.8. The summed E-state index contributed by atoms with van der Waals surface area (Å²) in [4.78, 5) is 12.0. The van der Waals surface area contributed by atoms with Crippen LogP contribution >= 0.6 is 36.4 Å². The van der Waals surface area contributed by atoms with E-state index < -0.39 is 0 Å². The van der Waals surface area contributed by atoms with Gasteiger partial charge in [0.15, 0.2) is 17.3 Å². The average molecular weight is 556 g/mol. The van der Waals surface area contributed by atoms with Crippen molar-refractivity contribution in [3.8, 4) is 11.5 Å². The van der Waals surface area contributed by atoms with E-state index >= 15 is 0 Å². The Morgan fingerprint density at radius 1 is 1.00 bits per heavy atom. The second-order valence-electron chi connectivity index (χ2n) is 8.22. The molecular weight excluding hydrogens is 519 g/mol. The molecule has 1 aromatic heterocycles. The van der Waals surface area contributed by atoms with Gasteiger partial charge in [0.25, 0.3) is 0 Å². The maximum absolute atomic E-state index is 6.45. The van der Waals surface area contributed by atoms with Crippen molar-refractivity contribution in [3.63, 3.8) is 0 Å². The molecule has 3 aromatic rings. The van der Waals surface area contributed by atoms with Crippen LogP contribution in [0.25, 0.3) is 23.1 Å². The normalized spacial score (nSPS) is 11.8. The van der Waals surface area contributed by atoms with E-state index in [1.54, 1.807) is 20.3 Å². The van der Waals surface area contributed by atoms with Gasteiger partial charge in [0.2, 0.25) is 0 Å². The molecule has 6 nitrogen and oxygen atoms in total. The lowest BCUT2D eigenvalue weighted by Crippen LogP contribution is -2.25. The van der Waals surface area contributed by atoms with Gasteiger partial charge in [-0.3, -0.25) is 0 Å². The van der Waals surface area contributed by atoms with Crippen LogP contribution in [0.4, 0.5) is 5.82 Å². The molecule has 0 amide bonds. The number of fused-ring (bicyclic) bond motifs is 1. The Bertz CT molecular complexity index is 1120. The highest BCUT2D eigenvalue weighted by molar-refractivity contribution is 6.32. The molecule has 2 aromatic carbocycles. The van der Waals surface area contributed by atoms with Gasteiger partial charge in [0.05, 0.1) is 24.8 Å². The minimum absolute atomic E-state index is 0. The third-order valence-electron chi connectivity index (χ3n) is 5.92. The number of halogens is 3. The smallest absolute Gasteiger partial charge is 0.162 e. The second-order valence-corrected chi connectivity index (χ2v) is 8.63. The summed E-state index contributed by atoms with van der Waals surface area (Å²) in [5.74, 6) is 2.67. The van der Waals surface area contributed by atoms with Gasteiger partial charge in [0.1, 0.15) is 5.82 Å². The van der Waals surface area contributed by atoms with Crippen LogP contribution in [-0.2, 0) is 0 Å². The number of rotatable bonds is 12. The molecule has 1 unspecified atom stereocenters. The number of ether oxygens (including phenoxy) is 2. The molecule has 1 N–H and O–H groups in total. The van der Waals surface area contributed by atoms with E-state index in [0.29, 0.717) is 28.4 Å². The lowest BCUT2D eigenvalue weighted by molar-refractivity contribution is 0.295. The van der Waals surface area contributed by atoms with Gasteiger partial charge in [-0.05, 0) is 75.3 Å². The zero-order valence-electron chi connectivity index (χ0n) is 21.6. The predicted molar refractivity (Wildman–Crippen MR) is 158 cm³/mol. The predicted octanol–water partition coefficient (Wildman–Crippen LogP) is 7.24. The molecule has 1 heterocycles. The first kappa shape index (κ1) is 31.8. The summed E-state index contributed by atoms with van der Waals surface area (Å²) in [7, 11) is 3.19. The average Bonchev–Trinajstić information content (AvgIpc) is 2.85. The van der Waals surface area contributed by atoms with E-state index in [2.05, 4.69) is 37.1 Å². The largest absolute Gasteiger partial charge is 0.493 e. The molecule has 1 atom stereocenters. The van der Waals surface area contributed by atoms with Gasteiger partial charge in [-0.1, -0.05) is 37.6 Å². The number of benzene rings is 2. The summed E-state index contributed by atoms with van der Waals surface area (Å²) in [6.45, 7) is 9.93. The van der Waals surface area contributed by atoms with Crippen molar-refractivity contribution in [2.75, 3.05) is 39.2 Å². The summed E-state index contributed by atoms with van der Waals surface area (Å²) >= 11 is 6.45. The molecular formula is C27H37Cl3N4O2. The summed E-state index contributed by atoms with van der Waals surface area (Å²) in [5.41, 5.74) is 1.70. The van der Waals surface area contributed by atoms with E-state index in [9.17, 15) is 0 Å². The molecule has 0 spiro atoms. The number of methoxy groups -OCH3 is 2. The molecule has 0 aliphatic carbocycles. The molecule has 0 saturated heterocycles. The van der Waals surface area contributed by atoms with Gasteiger partial charge in [-0.15, -0.1) is 24.8 Å². The first-order chi connectivity index (χ1) is 16.5. The van der Waals surface area contributed by atoms with Crippen molar-refractivity contribution < 1.29 is 9.47 Å². The van der Waals surface area contributed by atoms with E-state index in [-0.39, 0.29) is 24.8 Å². The van der Waals surface area contributed by atoms with Crippen LogP contribution in [0.15, 0.2) is 36.4 Å².